The number of H-pyrrole nitrogens is 1. The Morgan fingerprint density at radius 3 is 2.65 bits per heavy atom. The van der Waals surface area contributed by atoms with E-state index in [0.29, 0.717) is 16.6 Å². The summed E-state index contributed by atoms with van der Waals surface area (Å²) >= 11 is 0. The fourth-order valence-electron chi connectivity index (χ4n) is 3.92. The lowest BCUT2D eigenvalue weighted by Gasteiger charge is -2.34. The van der Waals surface area contributed by atoms with Gasteiger partial charge in [0.05, 0.1) is 16.5 Å². The lowest BCUT2D eigenvalue weighted by atomic mass is 10.2. The molecule has 0 radical (unpaired) electrons. The number of hydrogen-bond acceptors (Lipinski definition) is 3. The molecule has 2 fully saturated rings. The molecule has 1 aromatic carbocycles. The number of amides is 1. The minimum atomic E-state index is -0.126. The highest BCUT2D eigenvalue weighted by atomic mass is 16.2. The Bertz CT molecular complexity index is 1040. The van der Waals surface area contributed by atoms with Crippen molar-refractivity contribution in [3.05, 3.63) is 52.4 Å². The summed E-state index contributed by atoms with van der Waals surface area (Å²) in [6.45, 7) is 4.64. The normalized spacial score (nSPS) is 18.7. The Hall–Kier alpha value is -2.60. The van der Waals surface area contributed by atoms with Crippen LogP contribution in [0.1, 0.15) is 23.2 Å². The molecule has 6 nitrogen and oxygen atoms in total. The number of fused-ring (bicyclic) bond motifs is 3. The highest BCUT2D eigenvalue weighted by Crippen LogP contribution is 2.30. The fraction of sp³-hybridized carbons (Fsp3) is 0.400. The Kier molecular flexibility index (Phi) is 3.60. The van der Waals surface area contributed by atoms with E-state index in [1.54, 1.807) is 12.1 Å². The van der Waals surface area contributed by atoms with E-state index in [9.17, 15) is 9.59 Å². The van der Waals surface area contributed by atoms with Gasteiger partial charge < -0.3 is 14.3 Å². The summed E-state index contributed by atoms with van der Waals surface area (Å²) in [5.41, 5.74) is 1.98. The second-order valence-corrected chi connectivity index (χ2v) is 7.49. The fourth-order valence-corrected chi connectivity index (χ4v) is 3.92. The molecule has 0 atom stereocenters. The summed E-state index contributed by atoms with van der Waals surface area (Å²) in [5, 5.41) is 0.628. The van der Waals surface area contributed by atoms with Gasteiger partial charge in [-0.2, -0.15) is 0 Å². The first-order chi connectivity index (χ1) is 12.7. The van der Waals surface area contributed by atoms with Crippen molar-refractivity contribution in [1.82, 2.24) is 19.2 Å². The summed E-state index contributed by atoms with van der Waals surface area (Å²) in [6.07, 6.45) is 4.57. The van der Waals surface area contributed by atoms with Crippen molar-refractivity contribution < 1.29 is 4.79 Å². The van der Waals surface area contributed by atoms with Gasteiger partial charge in [-0.1, -0.05) is 12.1 Å². The zero-order chi connectivity index (χ0) is 17.7. The Morgan fingerprint density at radius 2 is 1.88 bits per heavy atom. The van der Waals surface area contributed by atoms with Gasteiger partial charge in [-0.05, 0) is 37.0 Å². The largest absolute Gasteiger partial charge is 0.336 e. The van der Waals surface area contributed by atoms with Gasteiger partial charge in [0.2, 0.25) is 0 Å². The number of piperazine rings is 1. The molecule has 0 spiro atoms. The summed E-state index contributed by atoms with van der Waals surface area (Å²) < 4.78 is 1.90. The molecule has 26 heavy (non-hydrogen) atoms. The van der Waals surface area contributed by atoms with Gasteiger partial charge in [-0.15, -0.1) is 0 Å². The molecule has 1 saturated heterocycles. The first-order valence-corrected chi connectivity index (χ1v) is 9.34. The number of nitrogens with zero attached hydrogens (tertiary/aromatic N) is 3. The summed E-state index contributed by atoms with van der Waals surface area (Å²) in [7, 11) is 0. The van der Waals surface area contributed by atoms with Crippen LogP contribution in [-0.4, -0.2) is 57.8 Å². The molecule has 5 rings (SSSR count). The molecule has 1 aliphatic heterocycles. The SMILES string of the molecule is O=C(c1cc2[nH]c(=O)c3ccccc3n2c1)N1CCN(CC2CC2)CC1. The van der Waals surface area contributed by atoms with E-state index in [0.717, 1.165) is 37.6 Å². The first kappa shape index (κ1) is 15.6. The van der Waals surface area contributed by atoms with E-state index < -0.39 is 0 Å². The van der Waals surface area contributed by atoms with Crippen molar-refractivity contribution in [3.8, 4) is 0 Å². The molecule has 1 saturated carbocycles. The van der Waals surface area contributed by atoms with E-state index in [4.69, 9.17) is 0 Å². The molecule has 1 N–H and O–H groups in total. The zero-order valence-corrected chi connectivity index (χ0v) is 14.6. The van der Waals surface area contributed by atoms with Crippen LogP contribution in [0.3, 0.4) is 0 Å². The van der Waals surface area contributed by atoms with Crippen molar-refractivity contribution >= 4 is 22.5 Å². The topological polar surface area (TPSA) is 60.8 Å². The van der Waals surface area contributed by atoms with Crippen molar-refractivity contribution in [2.45, 2.75) is 12.8 Å². The number of rotatable bonds is 3. The van der Waals surface area contributed by atoms with Crippen LogP contribution in [0.2, 0.25) is 0 Å². The van der Waals surface area contributed by atoms with Crippen LogP contribution in [0.15, 0.2) is 41.3 Å². The number of carbonyl (C=O) groups is 1. The standard InChI is InChI=1S/C20H22N4O2/c25-19-16-3-1-2-4-17(16)24-13-15(11-18(24)21-19)20(26)23-9-7-22(8-10-23)12-14-5-6-14/h1-4,11,13-14H,5-10,12H2,(H,21,25). The number of benzene rings is 1. The summed E-state index contributed by atoms with van der Waals surface area (Å²) in [6, 6.07) is 9.24. The van der Waals surface area contributed by atoms with E-state index in [2.05, 4.69) is 9.88 Å². The molecule has 0 unspecified atom stereocenters. The molecule has 1 aliphatic carbocycles. The number of aromatic amines is 1. The van der Waals surface area contributed by atoms with Gasteiger partial charge in [-0.25, -0.2) is 0 Å². The maximum absolute atomic E-state index is 12.9. The lowest BCUT2D eigenvalue weighted by molar-refractivity contribution is 0.0632. The average molecular weight is 350 g/mol. The minimum Gasteiger partial charge on any atom is -0.336 e. The zero-order valence-electron chi connectivity index (χ0n) is 14.6. The van der Waals surface area contributed by atoms with Crippen molar-refractivity contribution in [2.75, 3.05) is 32.7 Å². The van der Waals surface area contributed by atoms with Crippen LogP contribution < -0.4 is 5.56 Å². The van der Waals surface area contributed by atoms with Crippen LogP contribution >= 0.6 is 0 Å². The predicted molar refractivity (Wildman–Crippen MR) is 101 cm³/mol. The van der Waals surface area contributed by atoms with E-state index in [1.807, 2.05) is 33.7 Å². The van der Waals surface area contributed by atoms with Gasteiger partial charge in [0.15, 0.2) is 0 Å². The third kappa shape index (κ3) is 2.70. The number of hydrogen-bond donors (Lipinski definition) is 1. The van der Waals surface area contributed by atoms with Gasteiger partial charge in [0, 0.05) is 38.9 Å². The van der Waals surface area contributed by atoms with E-state index >= 15 is 0 Å². The molecule has 1 amide bonds. The summed E-state index contributed by atoms with van der Waals surface area (Å²) in [4.78, 5) is 32.4. The molecule has 3 heterocycles. The highest BCUT2D eigenvalue weighted by molar-refractivity contribution is 5.96. The van der Waals surface area contributed by atoms with Crippen LogP contribution in [0, 0.1) is 5.92 Å². The van der Waals surface area contributed by atoms with Gasteiger partial charge >= 0.3 is 0 Å². The number of nitrogens with one attached hydrogen (secondary N) is 1. The van der Waals surface area contributed by atoms with Gasteiger partial charge in [-0.3, -0.25) is 14.5 Å². The van der Waals surface area contributed by atoms with Crippen LogP contribution in [0.5, 0.6) is 0 Å². The number of aromatic nitrogens is 2. The number of carbonyl (C=O) groups excluding carboxylic acids is 1. The highest BCUT2D eigenvalue weighted by Gasteiger charge is 2.28. The molecular formula is C20H22N4O2. The molecule has 2 aliphatic rings. The molecular weight excluding hydrogens is 328 g/mol. The quantitative estimate of drug-likeness (QED) is 0.785. The molecule has 6 heteroatoms. The number of para-hydroxylation sites is 1. The smallest absolute Gasteiger partial charge is 0.258 e. The molecule has 0 bridgehead atoms. The molecule has 2 aromatic heterocycles. The Morgan fingerprint density at radius 1 is 1.12 bits per heavy atom. The third-order valence-electron chi connectivity index (χ3n) is 5.59. The van der Waals surface area contributed by atoms with Gasteiger partial charge in [0.25, 0.3) is 11.5 Å². The molecule has 3 aromatic rings. The monoisotopic (exact) mass is 350 g/mol. The van der Waals surface area contributed by atoms with Crippen LogP contribution in [-0.2, 0) is 0 Å². The van der Waals surface area contributed by atoms with Crippen molar-refractivity contribution in [1.29, 1.82) is 0 Å². The van der Waals surface area contributed by atoms with Crippen molar-refractivity contribution in [2.24, 2.45) is 5.92 Å². The first-order valence-electron chi connectivity index (χ1n) is 9.34. The van der Waals surface area contributed by atoms with Gasteiger partial charge in [0.1, 0.15) is 5.65 Å². The lowest BCUT2D eigenvalue weighted by Crippen LogP contribution is -2.49. The van der Waals surface area contributed by atoms with Crippen molar-refractivity contribution in [3.63, 3.8) is 0 Å². The Labute approximate surface area is 151 Å². The van der Waals surface area contributed by atoms with E-state index in [1.165, 1.54) is 19.4 Å². The summed E-state index contributed by atoms with van der Waals surface area (Å²) in [5.74, 6) is 0.934. The molecule has 134 valence electrons. The third-order valence-corrected chi connectivity index (χ3v) is 5.59. The minimum absolute atomic E-state index is 0.0460. The van der Waals surface area contributed by atoms with E-state index in [-0.39, 0.29) is 11.5 Å². The predicted octanol–water partition coefficient (Wildman–Crippen LogP) is 1.95. The van der Waals surface area contributed by atoms with Crippen LogP contribution in [0.25, 0.3) is 16.6 Å². The second kappa shape index (κ2) is 5.99. The Balaban J connectivity index is 1.41. The average Bonchev–Trinajstić information content (AvgIpc) is 3.38. The van der Waals surface area contributed by atoms with Crippen LogP contribution in [0.4, 0.5) is 0 Å². The maximum atomic E-state index is 12.9. The maximum Gasteiger partial charge on any atom is 0.258 e. The second-order valence-electron chi connectivity index (χ2n) is 7.49.